The minimum Gasteiger partial charge on any atom is -0.530 e. The third kappa shape index (κ3) is 23.0. The Morgan fingerprint density at radius 2 is 1.04 bits per heavy atom. The van der Waals surface area contributed by atoms with Gasteiger partial charge in [0.05, 0.1) is 0 Å². The van der Waals surface area contributed by atoms with Crippen LogP contribution in [0.2, 0.25) is 0 Å². The molecule has 0 radical (unpaired) electrons. The first-order chi connectivity index (χ1) is 12.8. The molecule has 1 N–H and O–H groups in total. The summed E-state index contributed by atoms with van der Waals surface area (Å²) in [5, 5.41) is 12.5. The summed E-state index contributed by atoms with van der Waals surface area (Å²) in [6.07, 6.45) is 27.2. The lowest BCUT2D eigenvalue weighted by Crippen LogP contribution is -2.36. The van der Waals surface area contributed by atoms with Gasteiger partial charge in [0.15, 0.2) is 0 Å². The first-order valence-electron chi connectivity index (χ1n) is 11.4. The highest BCUT2D eigenvalue weighted by atomic mass is 16.4. The number of nitrogens with one attached hydrogen (secondary N) is 1. The van der Waals surface area contributed by atoms with Crippen LogP contribution in [0.1, 0.15) is 122 Å². The number of amides is 1. The van der Waals surface area contributed by atoms with Crippen LogP contribution in [0.25, 0.3) is 0 Å². The number of unbranched alkanes of at least 4 members (excludes halogenated alkanes) is 16. The fraction of sp³-hybridized carbons (Fsp3) is 0.870. The van der Waals surface area contributed by atoms with Crippen molar-refractivity contribution >= 4 is 6.09 Å². The zero-order valence-electron chi connectivity index (χ0n) is 17.4. The molecule has 0 saturated heterocycles. The van der Waals surface area contributed by atoms with Crippen molar-refractivity contribution < 1.29 is 9.90 Å². The highest BCUT2D eigenvalue weighted by molar-refractivity contribution is 5.61. The van der Waals surface area contributed by atoms with Gasteiger partial charge in [-0.2, -0.15) is 0 Å². The van der Waals surface area contributed by atoms with Gasteiger partial charge in [-0.05, 0) is 32.1 Å². The maximum Gasteiger partial charge on any atom is 0.134 e. The summed E-state index contributed by atoms with van der Waals surface area (Å²) in [5.41, 5.74) is 0. The molecule has 0 fully saturated rings. The number of hydrogen-bond donors (Lipinski definition) is 1. The molecule has 3 heteroatoms. The van der Waals surface area contributed by atoms with E-state index in [9.17, 15) is 9.90 Å². The van der Waals surface area contributed by atoms with Gasteiger partial charge in [0.25, 0.3) is 0 Å². The second kappa shape index (κ2) is 22.1. The molecule has 0 aliphatic heterocycles. The topological polar surface area (TPSA) is 52.2 Å². The predicted molar refractivity (Wildman–Crippen MR) is 111 cm³/mol. The summed E-state index contributed by atoms with van der Waals surface area (Å²) in [6.45, 7) is 2.81. The van der Waals surface area contributed by atoms with E-state index < -0.39 is 6.09 Å². The summed E-state index contributed by atoms with van der Waals surface area (Å²) in [5.74, 6) is 0. The largest absolute Gasteiger partial charge is 0.530 e. The highest BCUT2D eigenvalue weighted by Gasteiger charge is 1.93. The summed E-state index contributed by atoms with van der Waals surface area (Å²) in [4.78, 5) is 10.2. The smallest absolute Gasteiger partial charge is 0.134 e. The summed E-state index contributed by atoms with van der Waals surface area (Å²) in [7, 11) is 0. The SMILES string of the molecule is CCCCCCCCC/C=C/CCCCCCCCCCCNC(=O)[O-]. The third-order valence-electron chi connectivity index (χ3n) is 4.96. The van der Waals surface area contributed by atoms with E-state index in [1.54, 1.807) is 0 Å². The van der Waals surface area contributed by atoms with Crippen molar-refractivity contribution in [2.24, 2.45) is 0 Å². The van der Waals surface area contributed by atoms with Crippen LogP contribution in [0.5, 0.6) is 0 Å². The van der Waals surface area contributed by atoms with Crippen LogP contribution < -0.4 is 10.4 Å². The molecule has 0 bridgehead atoms. The molecule has 3 nitrogen and oxygen atoms in total. The van der Waals surface area contributed by atoms with Gasteiger partial charge in [-0.1, -0.05) is 103 Å². The van der Waals surface area contributed by atoms with E-state index in [0.717, 1.165) is 12.8 Å². The summed E-state index contributed by atoms with van der Waals surface area (Å²) in [6, 6.07) is 0. The van der Waals surface area contributed by atoms with Crippen LogP contribution in [0, 0.1) is 0 Å². The number of rotatable bonds is 20. The van der Waals surface area contributed by atoms with Gasteiger partial charge >= 0.3 is 0 Å². The first-order valence-corrected chi connectivity index (χ1v) is 11.4. The molecular weight excluding hydrogens is 322 g/mol. The van der Waals surface area contributed by atoms with E-state index in [0.29, 0.717) is 6.54 Å². The van der Waals surface area contributed by atoms with Gasteiger partial charge in [0.1, 0.15) is 6.09 Å². The van der Waals surface area contributed by atoms with Crippen molar-refractivity contribution in [3.05, 3.63) is 12.2 Å². The Morgan fingerprint density at radius 1 is 0.654 bits per heavy atom. The van der Waals surface area contributed by atoms with E-state index in [-0.39, 0.29) is 0 Å². The zero-order chi connectivity index (χ0) is 19.1. The molecule has 0 rings (SSSR count). The maximum atomic E-state index is 10.2. The van der Waals surface area contributed by atoms with Crippen molar-refractivity contribution in [2.45, 2.75) is 122 Å². The molecule has 26 heavy (non-hydrogen) atoms. The predicted octanol–water partition coefficient (Wildman–Crippen LogP) is 6.52. The fourth-order valence-corrected chi connectivity index (χ4v) is 3.27. The normalized spacial score (nSPS) is 11.3. The average Bonchev–Trinajstić information content (AvgIpc) is 2.62. The molecule has 0 aromatic carbocycles. The maximum absolute atomic E-state index is 10.2. The average molecular weight is 367 g/mol. The number of hydrogen-bond acceptors (Lipinski definition) is 2. The van der Waals surface area contributed by atoms with Crippen LogP contribution in [0.4, 0.5) is 4.79 Å². The fourth-order valence-electron chi connectivity index (χ4n) is 3.27. The van der Waals surface area contributed by atoms with Crippen LogP contribution in [-0.2, 0) is 0 Å². The number of carboxylic acid groups (broad SMARTS) is 1. The number of carbonyl (C=O) groups is 1. The standard InChI is InChI=1S/C23H45NO2/c1-2-3-4-5-6-7-8-9-10-11-12-13-14-15-16-17-18-19-20-21-22-24-23(25)26/h10-11,24H,2-9,12-22H2,1H3,(H,25,26)/p-1/b11-10+. The highest BCUT2D eigenvalue weighted by Crippen LogP contribution is 2.11. The lowest BCUT2D eigenvalue weighted by molar-refractivity contribution is -0.250. The van der Waals surface area contributed by atoms with Gasteiger partial charge < -0.3 is 15.2 Å². The number of allylic oxidation sites excluding steroid dienone is 2. The van der Waals surface area contributed by atoms with Crippen molar-refractivity contribution in [3.8, 4) is 0 Å². The van der Waals surface area contributed by atoms with Crippen LogP contribution in [-0.4, -0.2) is 12.6 Å². The molecule has 0 saturated carbocycles. The van der Waals surface area contributed by atoms with E-state index in [1.165, 1.54) is 103 Å². The Kier molecular flexibility index (Phi) is 21.2. The van der Waals surface area contributed by atoms with Crippen LogP contribution in [0.3, 0.4) is 0 Å². The van der Waals surface area contributed by atoms with E-state index in [2.05, 4.69) is 24.4 Å². The van der Waals surface area contributed by atoms with Crippen LogP contribution >= 0.6 is 0 Å². The van der Waals surface area contributed by atoms with E-state index in [1.807, 2.05) is 0 Å². The molecule has 1 amide bonds. The van der Waals surface area contributed by atoms with Gasteiger partial charge in [-0.3, -0.25) is 0 Å². The Bertz CT molecular complexity index is 315. The molecule has 0 atom stereocenters. The van der Waals surface area contributed by atoms with Gasteiger partial charge in [0.2, 0.25) is 0 Å². The van der Waals surface area contributed by atoms with Gasteiger partial charge in [0, 0.05) is 6.54 Å². The monoisotopic (exact) mass is 366 g/mol. The Morgan fingerprint density at radius 3 is 1.46 bits per heavy atom. The molecule has 0 spiro atoms. The van der Waals surface area contributed by atoms with E-state index in [4.69, 9.17) is 0 Å². The molecule has 0 heterocycles. The number of carbonyl (C=O) groups excluding carboxylic acids is 1. The molecule has 154 valence electrons. The second-order valence-corrected chi connectivity index (χ2v) is 7.57. The lowest BCUT2D eigenvalue weighted by Gasteiger charge is -2.05. The Balaban J connectivity index is 3.07. The minimum atomic E-state index is -1.15. The van der Waals surface area contributed by atoms with Crippen molar-refractivity contribution in [1.82, 2.24) is 5.32 Å². The summed E-state index contributed by atoms with van der Waals surface area (Å²) >= 11 is 0. The summed E-state index contributed by atoms with van der Waals surface area (Å²) < 4.78 is 0. The molecule has 0 aromatic rings. The van der Waals surface area contributed by atoms with Crippen molar-refractivity contribution in [3.63, 3.8) is 0 Å². The Labute approximate surface area is 163 Å². The third-order valence-corrected chi connectivity index (χ3v) is 4.96. The quantitative estimate of drug-likeness (QED) is 0.197. The van der Waals surface area contributed by atoms with Gasteiger partial charge in [-0.15, -0.1) is 0 Å². The first kappa shape index (κ1) is 25.0. The second-order valence-electron chi connectivity index (χ2n) is 7.57. The molecule has 0 aromatic heterocycles. The van der Waals surface area contributed by atoms with Gasteiger partial charge in [-0.25, -0.2) is 0 Å². The zero-order valence-corrected chi connectivity index (χ0v) is 17.4. The van der Waals surface area contributed by atoms with Crippen molar-refractivity contribution in [1.29, 1.82) is 0 Å². The van der Waals surface area contributed by atoms with Crippen LogP contribution in [0.15, 0.2) is 12.2 Å². The van der Waals surface area contributed by atoms with E-state index >= 15 is 0 Å². The lowest BCUT2D eigenvalue weighted by atomic mass is 10.1. The minimum absolute atomic E-state index is 0.537. The Hall–Kier alpha value is -0.990. The molecule has 0 aliphatic carbocycles. The molecular formula is C23H44NO2-. The molecule has 0 aliphatic rings. The van der Waals surface area contributed by atoms with Crippen molar-refractivity contribution in [2.75, 3.05) is 6.54 Å². The molecule has 0 unspecified atom stereocenters.